The van der Waals surface area contributed by atoms with Gasteiger partial charge in [-0.2, -0.15) is 0 Å². The summed E-state index contributed by atoms with van der Waals surface area (Å²) in [5.74, 6) is 0.257. The van der Waals surface area contributed by atoms with Gasteiger partial charge in [0.1, 0.15) is 6.29 Å². The van der Waals surface area contributed by atoms with Crippen molar-refractivity contribution in [1.82, 2.24) is 4.90 Å². The average Bonchev–Trinajstić information content (AvgIpc) is 1.95. The Kier molecular flexibility index (Phi) is 3.77. The first-order chi connectivity index (χ1) is 5.84. The highest BCUT2D eigenvalue weighted by molar-refractivity contribution is 5.76. The van der Waals surface area contributed by atoms with Crippen LogP contribution in [0.5, 0.6) is 0 Å². The van der Waals surface area contributed by atoms with E-state index in [1.54, 1.807) is 0 Å². The van der Waals surface area contributed by atoms with E-state index in [0.29, 0.717) is 12.8 Å². The summed E-state index contributed by atoms with van der Waals surface area (Å²) >= 11 is 0. The minimum absolute atomic E-state index is 0.257. The Balaban J connectivity index is 1.98. The summed E-state index contributed by atoms with van der Waals surface area (Å²) in [6.45, 7) is 1.87. The number of unbranched alkanes of at least 4 members (excludes halogenated alkanes) is 2. The van der Waals surface area contributed by atoms with Crippen LogP contribution >= 0.6 is 0 Å². The van der Waals surface area contributed by atoms with Crippen molar-refractivity contribution < 1.29 is 9.59 Å². The number of hydrogen-bond donors (Lipinski definition) is 0. The number of hydrogen-bond acceptors (Lipinski definition) is 2. The van der Waals surface area contributed by atoms with Crippen LogP contribution in [0.4, 0.5) is 0 Å². The van der Waals surface area contributed by atoms with Gasteiger partial charge in [0.15, 0.2) is 0 Å². The van der Waals surface area contributed by atoms with Gasteiger partial charge in [0.2, 0.25) is 5.91 Å². The zero-order valence-electron chi connectivity index (χ0n) is 7.29. The maximum absolute atomic E-state index is 11.2. The lowest BCUT2D eigenvalue weighted by atomic mass is 10.1. The van der Waals surface area contributed by atoms with Gasteiger partial charge in [-0.05, 0) is 19.3 Å². The molecule has 0 atom stereocenters. The second-order valence-electron chi connectivity index (χ2n) is 3.15. The lowest BCUT2D eigenvalue weighted by Gasteiger charge is -2.30. The van der Waals surface area contributed by atoms with Gasteiger partial charge in [0.25, 0.3) is 0 Å². The SMILES string of the molecule is O=CCCCCC(=O)N1CCC1. The average molecular weight is 169 g/mol. The Morgan fingerprint density at radius 1 is 1.33 bits per heavy atom. The van der Waals surface area contributed by atoms with Gasteiger partial charge in [-0.15, -0.1) is 0 Å². The van der Waals surface area contributed by atoms with Gasteiger partial charge in [-0.3, -0.25) is 4.79 Å². The summed E-state index contributed by atoms with van der Waals surface area (Å²) in [5.41, 5.74) is 0. The minimum Gasteiger partial charge on any atom is -0.343 e. The van der Waals surface area contributed by atoms with Crippen molar-refractivity contribution in [3.8, 4) is 0 Å². The van der Waals surface area contributed by atoms with Gasteiger partial charge in [0.05, 0.1) is 0 Å². The largest absolute Gasteiger partial charge is 0.343 e. The van der Waals surface area contributed by atoms with E-state index in [0.717, 1.165) is 38.6 Å². The minimum atomic E-state index is 0.257. The number of rotatable bonds is 5. The second-order valence-corrected chi connectivity index (χ2v) is 3.15. The Labute approximate surface area is 72.7 Å². The Bertz CT molecular complexity index is 164. The van der Waals surface area contributed by atoms with E-state index in [4.69, 9.17) is 0 Å². The topological polar surface area (TPSA) is 37.4 Å². The van der Waals surface area contributed by atoms with Crippen molar-refractivity contribution in [3.63, 3.8) is 0 Å². The molecule has 3 nitrogen and oxygen atoms in total. The molecule has 0 aliphatic carbocycles. The maximum atomic E-state index is 11.2. The molecule has 1 aliphatic heterocycles. The van der Waals surface area contributed by atoms with Crippen molar-refractivity contribution in [1.29, 1.82) is 0 Å². The summed E-state index contributed by atoms with van der Waals surface area (Å²) in [6, 6.07) is 0. The first kappa shape index (κ1) is 9.23. The fraction of sp³-hybridized carbons (Fsp3) is 0.778. The van der Waals surface area contributed by atoms with Crippen molar-refractivity contribution in [3.05, 3.63) is 0 Å². The van der Waals surface area contributed by atoms with E-state index in [9.17, 15) is 9.59 Å². The van der Waals surface area contributed by atoms with E-state index in [2.05, 4.69) is 0 Å². The third-order valence-electron chi connectivity index (χ3n) is 2.17. The predicted molar refractivity (Wildman–Crippen MR) is 45.7 cm³/mol. The molecule has 0 saturated carbocycles. The predicted octanol–water partition coefficient (Wildman–Crippen LogP) is 0.978. The van der Waals surface area contributed by atoms with E-state index in [1.807, 2.05) is 4.90 Å². The van der Waals surface area contributed by atoms with Crippen LogP contribution in [0.15, 0.2) is 0 Å². The molecule has 68 valence electrons. The molecular formula is C9H15NO2. The summed E-state index contributed by atoms with van der Waals surface area (Å²) in [7, 11) is 0. The van der Waals surface area contributed by atoms with Gasteiger partial charge in [0, 0.05) is 25.9 Å². The molecule has 3 heteroatoms. The van der Waals surface area contributed by atoms with E-state index < -0.39 is 0 Å². The molecule has 0 aromatic carbocycles. The molecule has 1 aliphatic rings. The molecule has 0 aromatic rings. The number of aldehydes is 1. The third-order valence-corrected chi connectivity index (χ3v) is 2.17. The smallest absolute Gasteiger partial charge is 0.222 e. The molecule has 0 spiro atoms. The van der Waals surface area contributed by atoms with Crippen LogP contribution in [0, 0.1) is 0 Å². The van der Waals surface area contributed by atoms with Gasteiger partial charge >= 0.3 is 0 Å². The maximum Gasteiger partial charge on any atom is 0.222 e. The molecule has 0 bridgehead atoms. The fourth-order valence-electron chi connectivity index (χ4n) is 1.23. The van der Waals surface area contributed by atoms with Crippen LogP contribution in [0.3, 0.4) is 0 Å². The molecule has 1 rings (SSSR count). The molecule has 1 heterocycles. The third kappa shape index (κ3) is 2.64. The van der Waals surface area contributed by atoms with Gasteiger partial charge in [-0.25, -0.2) is 0 Å². The number of amides is 1. The highest BCUT2D eigenvalue weighted by Gasteiger charge is 2.18. The molecule has 0 aromatic heterocycles. The zero-order valence-corrected chi connectivity index (χ0v) is 7.29. The van der Waals surface area contributed by atoms with E-state index in [1.165, 1.54) is 0 Å². The van der Waals surface area contributed by atoms with Crippen molar-refractivity contribution in [2.75, 3.05) is 13.1 Å². The first-order valence-electron chi connectivity index (χ1n) is 4.56. The summed E-state index contributed by atoms with van der Waals surface area (Å²) < 4.78 is 0. The number of carbonyl (C=O) groups excluding carboxylic acids is 2. The highest BCUT2D eigenvalue weighted by atomic mass is 16.2. The molecule has 0 unspecified atom stereocenters. The van der Waals surface area contributed by atoms with Crippen LogP contribution in [0.2, 0.25) is 0 Å². The molecule has 1 saturated heterocycles. The monoisotopic (exact) mass is 169 g/mol. The molecule has 1 fully saturated rings. The Hall–Kier alpha value is -0.860. The first-order valence-corrected chi connectivity index (χ1v) is 4.56. The van der Waals surface area contributed by atoms with Crippen LogP contribution < -0.4 is 0 Å². The van der Waals surface area contributed by atoms with Crippen molar-refractivity contribution in [2.24, 2.45) is 0 Å². The number of carbonyl (C=O) groups is 2. The molecule has 0 radical (unpaired) electrons. The Morgan fingerprint density at radius 2 is 2.08 bits per heavy atom. The summed E-state index contributed by atoms with van der Waals surface area (Å²) in [4.78, 5) is 23.1. The van der Waals surface area contributed by atoms with Crippen molar-refractivity contribution >= 4 is 12.2 Å². The van der Waals surface area contributed by atoms with Crippen molar-refractivity contribution in [2.45, 2.75) is 32.1 Å². The fourth-order valence-corrected chi connectivity index (χ4v) is 1.23. The van der Waals surface area contributed by atoms with Crippen LogP contribution in [0.25, 0.3) is 0 Å². The number of likely N-dealkylation sites (tertiary alicyclic amines) is 1. The molecule has 0 N–H and O–H groups in total. The lowest BCUT2D eigenvalue weighted by Crippen LogP contribution is -2.41. The zero-order chi connectivity index (χ0) is 8.81. The van der Waals surface area contributed by atoms with Crippen LogP contribution in [0.1, 0.15) is 32.1 Å². The lowest BCUT2D eigenvalue weighted by molar-refractivity contribution is -0.134. The highest BCUT2D eigenvalue weighted by Crippen LogP contribution is 2.09. The number of nitrogens with zero attached hydrogens (tertiary/aromatic N) is 1. The van der Waals surface area contributed by atoms with E-state index >= 15 is 0 Å². The second kappa shape index (κ2) is 4.91. The Morgan fingerprint density at radius 3 is 2.58 bits per heavy atom. The summed E-state index contributed by atoms with van der Waals surface area (Å²) in [6.07, 6.45) is 4.98. The van der Waals surface area contributed by atoms with Crippen LogP contribution in [-0.2, 0) is 9.59 Å². The standard InChI is InChI=1S/C9H15NO2/c11-8-3-1-2-5-9(12)10-6-4-7-10/h8H,1-7H2. The molecule has 12 heavy (non-hydrogen) atoms. The van der Waals surface area contributed by atoms with Gasteiger partial charge < -0.3 is 9.69 Å². The summed E-state index contributed by atoms with van der Waals surface area (Å²) in [5, 5.41) is 0. The molecular weight excluding hydrogens is 154 g/mol. The molecule has 1 amide bonds. The van der Waals surface area contributed by atoms with Gasteiger partial charge in [-0.1, -0.05) is 0 Å². The van der Waals surface area contributed by atoms with E-state index in [-0.39, 0.29) is 5.91 Å². The quantitative estimate of drug-likeness (QED) is 0.454. The normalized spacial score (nSPS) is 15.5. The van der Waals surface area contributed by atoms with Crippen LogP contribution in [-0.4, -0.2) is 30.2 Å².